The zero-order chi connectivity index (χ0) is 20.4. The molecule has 0 spiro atoms. The molecule has 4 aromatic rings. The van der Waals surface area contributed by atoms with E-state index in [9.17, 15) is 9.18 Å². The predicted molar refractivity (Wildman–Crippen MR) is 111 cm³/mol. The molecule has 146 valence electrons. The molecule has 0 fully saturated rings. The van der Waals surface area contributed by atoms with Crippen molar-refractivity contribution in [2.24, 2.45) is 0 Å². The molecular formula is C21H16FN3O3S. The highest BCUT2D eigenvalue weighted by atomic mass is 32.1. The number of benzene rings is 2. The molecule has 0 atom stereocenters. The van der Waals surface area contributed by atoms with Gasteiger partial charge in [0.2, 0.25) is 4.96 Å². The molecule has 0 bridgehead atoms. The highest BCUT2D eigenvalue weighted by molar-refractivity contribution is 7.15. The first-order valence-electron chi connectivity index (χ1n) is 8.64. The summed E-state index contributed by atoms with van der Waals surface area (Å²) in [4.78, 5) is 17.6. The maximum absolute atomic E-state index is 13.0. The standard InChI is InChI=1S/C21H16FN3O3S/c1-27-16-9-6-14(17(12-16)28-2)11-18-20(26)25-21(29-18)23-19(24-25)10-5-13-3-7-15(22)8-4-13/h3-12H,1-2H3. The highest BCUT2D eigenvalue weighted by Crippen LogP contribution is 2.25. The summed E-state index contributed by atoms with van der Waals surface area (Å²) in [6, 6.07) is 11.4. The third kappa shape index (κ3) is 3.88. The van der Waals surface area contributed by atoms with Crippen molar-refractivity contribution in [1.29, 1.82) is 0 Å². The number of thiazole rings is 1. The third-order valence-electron chi connectivity index (χ3n) is 4.22. The Morgan fingerprint density at radius 1 is 1.07 bits per heavy atom. The maximum atomic E-state index is 13.0. The summed E-state index contributed by atoms with van der Waals surface area (Å²) in [5.41, 5.74) is 1.32. The molecule has 29 heavy (non-hydrogen) atoms. The summed E-state index contributed by atoms with van der Waals surface area (Å²) in [5, 5.41) is 4.25. The minimum absolute atomic E-state index is 0.253. The molecule has 0 unspecified atom stereocenters. The highest BCUT2D eigenvalue weighted by Gasteiger charge is 2.10. The average Bonchev–Trinajstić information content (AvgIpc) is 3.26. The summed E-state index contributed by atoms with van der Waals surface area (Å²) >= 11 is 1.24. The smallest absolute Gasteiger partial charge is 0.291 e. The first-order valence-corrected chi connectivity index (χ1v) is 9.46. The lowest BCUT2D eigenvalue weighted by Crippen LogP contribution is -2.23. The van der Waals surface area contributed by atoms with Gasteiger partial charge >= 0.3 is 0 Å². The van der Waals surface area contributed by atoms with Crippen molar-refractivity contribution in [2.75, 3.05) is 14.2 Å². The Morgan fingerprint density at radius 3 is 2.55 bits per heavy atom. The zero-order valence-corrected chi connectivity index (χ0v) is 16.4. The van der Waals surface area contributed by atoms with Gasteiger partial charge in [-0.25, -0.2) is 4.39 Å². The molecule has 4 rings (SSSR count). The van der Waals surface area contributed by atoms with E-state index in [2.05, 4.69) is 10.1 Å². The number of methoxy groups -OCH3 is 2. The number of ether oxygens (including phenoxy) is 2. The van der Waals surface area contributed by atoms with E-state index in [4.69, 9.17) is 9.47 Å². The van der Waals surface area contributed by atoms with Gasteiger partial charge in [-0.15, -0.1) is 5.10 Å². The van der Waals surface area contributed by atoms with Crippen LogP contribution in [0.4, 0.5) is 4.39 Å². The molecule has 0 aliphatic heterocycles. The SMILES string of the molecule is COc1ccc(C=c2sc3nc(C=Cc4ccc(F)cc4)nn3c2=O)c(OC)c1. The van der Waals surface area contributed by atoms with Gasteiger partial charge in [0, 0.05) is 11.6 Å². The van der Waals surface area contributed by atoms with Crippen LogP contribution in [0.1, 0.15) is 17.0 Å². The van der Waals surface area contributed by atoms with E-state index in [1.54, 1.807) is 56.7 Å². The Balaban J connectivity index is 1.68. The van der Waals surface area contributed by atoms with E-state index in [-0.39, 0.29) is 11.4 Å². The van der Waals surface area contributed by atoms with Crippen molar-refractivity contribution >= 4 is 34.5 Å². The van der Waals surface area contributed by atoms with E-state index < -0.39 is 0 Å². The van der Waals surface area contributed by atoms with Gasteiger partial charge in [-0.3, -0.25) is 4.79 Å². The van der Waals surface area contributed by atoms with Crippen molar-refractivity contribution in [3.8, 4) is 11.5 Å². The van der Waals surface area contributed by atoms with Crippen LogP contribution >= 0.6 is 11.3 Å². The van der Waals surface area contributed by atoms with Gasteiger partial charge in [0.15, 0.2) is 5.82 Å². The third-order valence-corrected chi connectivity index (χ3v) is 5.18. The molecule has 0 saturated carbocycles. The Labute approximate surface area is 169 Å². The van der Waals surface area contributed by atoms with Crippen molar-refractivity contribution in [2.45, 2.75) is 0 Å². The quantitative estimate of drug-likeness (QED) is 0.507. The lowest BCUT2D eigenvalue weighted by Gasteiger charge is -2.06. The summed E-state index contributed by atoms with van der Waals surface area (Å²) in [6.07, 6.45) is 5.19. The van der Waals surface area contributed by atoms with Crippen LogP contribution in [-0.2, 0) is 0 Å². The van der Waals surface area contributed by atoms with Crippen molar-refractivity contribution in [3.63, 3.8) is 0 Å². The molecular weight excluding hydrogens is 393 g/mol. The van der Waals surface area contributed by atoms with E-state index in [0.29, 0.717) is 26.8 Å². The molecule has 0 radical (unpaired) electrons. The van der Waals surface area contributed by atoms with Gasteiger partial charge in [-0.2, -0.15) is 9.50 Å². The normalized spacial score (nSPS) is 12.2. The van der Waals surface area contributed by atoms with E-state index in [0.717, 1.165) is 11.1 Å². The van der Waals surface area contributed by atoms with Crippen LogP contribution in [0, 0.1) is 5.82 Å². The van der Waals surface area contributed by atoms with Crippen molar-refractivity contribution < 1.29 is 13.9 Å². The van der Waals surface area contributed by atoms with Crippen LogP contribution in [-0.4, -0.2) is 28.8 Å². The number of fused-ring (bicyclic) bond motifs is 1. The second-order valence-electron chi connectivity index (χ2n) is 6.07. The molecule has 0 aliphatic carbocycles. The summed E-state index contributed by atoms with van der Waals surface area (Å²) < 4.78 is 25.3. The summed E-state index contributed by atoms with van der Waals surface area (Å²) in [7, 11) is 3.14. The minimum atomic E-state index is -0.295. The second-order valence-corrected chi connectivity index (χ2v) is 7.08. The predicted octanol–water partition coefficient (Wildman–Crippen LogP) is 3.03. The van der Waals surface area contributed by atoms with Crippen molar-refractivity contribution in [1.82, 2.24) is 14.6 Å². The lowest BCUT2D eigenvalue weighted by molar-refractivity contribution is 0.393. The van der Waals surface area contributed by atoms with E-state index in [1.807, 2.05) is 6.07 Å². The number of nitrogens with zero attached hydrogens (tertiary/aromatic N) is 3. The molecule has 2 aromatic carbocycles. The lowest BCUT2D eigenvalue weighted by atomic mass is 10.2. The van der Waals surface area contributed by atoms with Gasteiger partial charge in [0.1, 0.15) is 17.3 Å². The molecule has 0 aliphatic rings. The second kappa shape index (κ2) is 7.84. The summed E-state index contributed by atoms with van der Waals surface area (Å²) in [5.74, 6) is 1.38. The van der Waals surface area contributed by atoms with Crippen LogP contribution in [0.5, 0.6) is 11.5 Å². The first-order chi connectivity index (χ1) is 14.1. The van der Waals surface area contributed by atoms with Crippen LogP contribution in [0.25, 0.3) is 23.2 Å². The number of aromatic nitrogens is 3. The van der Waals surface area contributed by atoms with Gasteiger partial charge in [-0.05, 0) is 42.0 Å². The van der Waals surface area contributed by atoms with Gasteiger partial charge in [0.05, 0.1) is 18.8 Å². The Kier molecular flexibility index (Phi) is 5.09. The Hall–Kier alpha value is -3.52. The van der Waals surface area contributed by atoms with Crippen LogP contribution < -0.4 is 19.6 Å². The fourth-order valence-corrected chi connectivity index (χ4v) is 3.65. The van der Waals surface area contributed by atoms with Gasteiger partial charge in [0.25, 0.3) is 5.56 Å². The molecule has 0 amide bonds. The monoisotopic (exact) mass is 409 g/mol. The number of halogens is 1. The fourth-order valence-electron chi connectivity index (χ4n) is 2.74. The van der Waals surface area contributed by atoms with Crippen molar-refractivity contribution in [3.05, 3.63) is 80.1 Å². The van der Waals surface area contributed by atoms with Gasteiger partial charge < -0.3 is 9.47 Å². The molecule has 2 heterocycles. The number of hydrogen-bond donors (Lipinski definition) is 0. The van der Waals surface area contributed by atoms with Gasteiger partial charge in [-0.1, -0.05) is 29.5 Å². The van der Waals surface area contributed by atoms with E-state index in [1.165, 1.54) is 28.0 Å². The first kappa shape index (κ1) is 18.8. The molecule has 0 saturated heterocycles. The Bertz CT molecular complexity index is 1310. The Morgan fingerprint density at radius 2 is 1.86 bits per heavy atom. The molecule has 6 nitrogen and oxygen atoms in total. The van der Waals surface area contributed by atoms with E-state index >= 15 is 0 Å². The summed E-state index contributed by atoms with van der Waals surface area (Å²) in [6.45, 7) is 0. The number of rotatable bonds is 5. The fraction of sp³-hybridized carbons (Fsp3) is 0.0952. The maximum Gasteiger partial charge on any atom is 0.291 e. The average molecular weight is 409 g/mol. The van der Waals surface area contributed by atoms with Crippen LogP contribution in [0.15, 0.2) is 47.3 Å². The molecule has 2 aromatic heterocycles. The largest absolute Gasteiger partial charge is 0.497 e. The number of hydrogen-bond acceptors (Lipinski definition) is 6. The minimum Gasteiger partial charge on any atom is -0.497 e. The zero-order valence-electron chi connectivity index (χ0n) is 15.6. The topological polar surface area (TPSA) is 65.7 Å². The van der Waals surface area contributed by atoms with Crippen LogP contribution in [0.3, 0.4) is 0 Å². The molecule has 8 heteroatoms. The molecule has 0 N–H and O–H groups in total. The van der Waals surface area contributed by atoms with Crippen LogP contribution in [0.2, 0.25) is 0 Å².